The summed E-state index contributed by atoms with van der Waals surface area (Å²) in [7, 11) is 0. The van der Waals surface area contributed by atoms with Crippen molar-refractivity contribution in [3.63, 3.8) is 0 Å². The van der Waals surface area contributed by atoms with Crippen molar-refractivity contribution in [2.75, 3.05) is 31.3 Å². The second-order valence-electron chi connectivity index (χ2n) is 4.78. The van der Waals surface area contributed by atoms with Crippen molar-refractivity contribution in [1.29, 1.82) is 0 Å². The largest absolute Gasteiger partial charge is 0.480 e. The minimum absolute atomic E-state index is 0.0995. The zero-order valence-corrected chi connectivity index (χ0v) is 11.9. The molecule has 2 rings (SSSR count). The summed E-state index contributed by atoms with van der Waals surface area (Å²) >= 11 is 1.48. The first-order chi connectivity index (χ1) is 9.13. The number of ether oxygens (including phenoxy) is 1. The Bertz CT molecular complexity index is 347. The molecule has 108 valence electrons. The molecule has 2 fully saturated rings. The van der Waals surface area contributed by atoms with Gasteiger partial charge in [0.15, 0.2) is 0 Å². The number of carbonyl (C=O) groups excluding carboxylic acids is 1. The zero-order chi connectivity index (χ0) is 13.8. The second-order valence-corrected chi connectivity index (χ2v) is 5.78. The molecule has 0 aliphatic carbocycles. The number of hydrogen-bond donors (Lipinski definition) is 1. The fourth-order valence-corrected chi connectivity index (χ4v) is 3.53. The van der Waals surface area contributed by atoms with Gasteiger partial charge in [0.2, 0.25) is 0 Å². The third-order valence-corrected chi connectivity index (χ3v) is 4.53. The van der Waals surface area contributed by atoms with E-state index in [1.54, 1.807) is 4.90 Å². The lowest BCUT2D eigenvalue weighted by Gasteiger charge is -2.30. The number of likely N-dealkylation sites (N-methyl/N-ethyl adjacent to an activating group) is 1. The number of aliphatic carboxylic acids is 1. The van der Waals surface area contributed by atoms with Crippen LogP contribution < -0.4 is 0 Å². The number of nitrogens with zero attached hydrogens (tertiary/aromatic N) is 2. The summed E-state index contributed by atoms with van der Waals surface area (Å²) < 4.78 is 5.54. The van der Waals surface area contributed by atoms with Crippen LogP contribution >= 0.6 is 11.8 Å². The minimum Gasteiger partial charge on any atom is -0.480 e. The van der Waals surface area contributed by atoms with E-state index in [0.717, 1.165) is 19.4 Å². The average Bonchev–Trinajstić information content (AvgIpc) is 3.05. The standard InChI is InChI=1S/C12H20N2O4S/c1-2-13(6-9-4-3-5-18-9)12(17)14-8-19-7-10(14)11(15)16/h9-10H,2-8H2,1H3,(H,15,16). The summed E-state index contributed by atoms with van der Waals surface area (Å²) in [6.07, 6.45) is 2.11. The Morgan fingerprint density at radius 2 is 2.32 bits per heavy atom. The van der Waals surface area contributed by atoms with E-state index in [0.29, 0.717) is 24.7 Å². The SMILES string of the molecule is CCN(CC1CCCO1)C(=O)N1CSCC1C(=O)O. The first-order valence-corrected chi connectivity index (χ1v) is 7.76. The fraction of sp³-hybridized carbons (Fsp3) is 0.833. The van der Waals surface area contributed by atoms with Crippen LogP contribution in [0.4, 0.5) is 4.79 Å². The molecular formula is C12H20N2O4S. The maximum Gasteiger partial charge on any atom is 0.327 e. The molecule has 7 heteroatoms. The van der Waals surface area contributed by atoms with Crippen molar-refractivity contribution in [2.45, 2.75) is 31.9 Å². The average molecular weight is 288 g/mol. The Hall–Kier alpha value is -0.950. The lowest BCUT2D eigenvalue weighted by molar-refractivity contribution is -0.140. The molecule has 0 saturated carbocycles. The van der Waals surface area contributed by atoms with Crippen LogP contribution in [0, 0.1) is 0 Å². The highest BCUT2D eigenvalue weighted by Gasteiger charge is 2.37. The molecule has 0 aromatic heterocycles. The molecule has 2 saturated heterocycles. The van der Waals surface area contributed by atoms with Gasteiger partial charge in [-0.25, -0.2) is 9.59 Å². The first kappa shape index (κ1) is 14.5. The van der Waals surface area contributed by atoms with E-state index in [1.807, 2.05) is 6.92 Å². The molecule has 0 radical (unpaired) electrons. The van der Waals surface area contributed by atoms with Crippen molar-refractivity contribution in [3.05, 3.63) is 0 Å². The van der Waals surface area contributed by atoms with Gasteiger partial charge in [-0.05, 0) is 19.8 Å². The van der Waals surface area contributed by atoms with E-state index in [1.165, 1.54) is 16.7 Å². The molecule has 2 unspecified atom stereocenters. The summed E-state index contributed by atoms with van der Waals surface area (Å²) in [5, 5.41) is 9.12. The molecule has 0 bridgehead atoms. The van der Waals surface area contributed by atoms with Crippen molar-refractivity contribution >= 4 is 23.8 Å². The number of urea groups is 1. The minimum atomic E-state index is -0.925. The predicted molar refractivity (Wildman–Crippen MR) is 72.2 cm³/mol. The maximum absolute atomic E-state index is 12.4. The highest BCUT2D eigenvalue weighted by atomic mass is 32.2. The molecule has 0 aromatic rings. The molecule has 2 atom stereocenters. The Morgan fingerprint density at radius 3 is 2.89 bits per heavy atom. The van der Waals surface area contributed by atoms with Gasteiger partial charge in [-0.2, -0.15) is 0 Å². The van der Waals surface area contributed by atoms with Crippen LogP contribution in [0.2, 0.25) is 0 Å². The van der Waals surface area contributed by atoms with Gasteiger partial charge in [-0.1, -0.05) is 0 Å². The van der Waals surface area contributed by atoms with Crippen LogP contribution in [0.15, 0.2) is 0 Å². The molecule has 1 N–H and O–H groups in total. The molecule has 2 amide bonds. The van der Waals surface area contributed by atoms with E-state index >= 15 is 0 Å². The number of carbonyl (C=O) groups is 2. The van der Waals surface area contributed by atoms with E-state index in [2.05, 4.69) is 0 Å². The summed E-state index contributed by atoms with van der Waals surface area (Å²) in [6.45, 7) is 3.80. The summed E-state index contributed by atoms with van der Waals surface area (Å²) in [6, 6.07) is -0.883. The smallest absolute Gasteiger partial charge is 0.327 e. The molecule has 19 heavy (non-hydrogen) atoms. The lowest BCUT2D eigenvalue weighted by atomic mass is 10.2. The monoisotopic (exact) mass is 288 g/mol. The number of carboxylic acid groups (broad SMARTS) is 1. The van der Waals surface area contributed by atoms with Crippen LogP contribution in [0.3, 0.4) is 0 Å². The van der Waals surface area contributed by atoms with Crippen molar-refractivity contribution in [3.8, 4) is 0 Å². The Balaban J connectivity index is 1.96. The predicted octanol–water partition coefficient (Wildman–Crippen LogP) is 1.07. The van der Waals surface area contributed by atoms with Gasteiger partial charge in [0.25, 0.3) is 0 Å². The molecule has 2 heterocycles. The van der Waals surface area contributed by atoms with Gasteiger partial charge in [0.05, 0.1) is 12.0 Å². The number of rotatable bonds is 4. The Morgan fingerprint density at radius 1 is 1.53 bits per heavy atom. The van der Waals surface area contributed by atoms with Crippen LogP contribution in [0.5, 0.6) is 0 Å². The van der Waals surface area contributed by atoms with Crippen molar-refractivity contribution < 1.29 is 19.4 Å². The molecular weight excluding hydrogens is 268 g/mol. The number of thioether (sulfide) groups is 1. The van der Waals surface area contributed by atoms with Crippen LogP contribution in [-0.4, -0.2) is 70.4 Å². The van der Waals surface area contributed by atoms with Gasteiger partial charge in [-0.3, -0.25) is 0 Å². The van der Waals surface area contributed by atoms with Gasteiger partial charge >= 0.3 is 12.0 Å². The normalized spacial score (nSPS) is 26.7. The quantitative estimate of drug-likeness (QED) is 0.838. The molecule has 2 aliphatic rings. The third kappa shape index (κ3) is 3.33. The third-order valence-electron chi connectivity index (χ3n) is 3.51. The molecule has 0 aromatic carbocycles. The highest BCUT2D eigenvalue weighted by Crippen LogP contribution is 2.23. The topological polar surface area (TPSA) is 70.1 Å². The van der Waals surface area contributed by atoms with E-state index in [9.17, 15) is 9.59 Å². The van der Waals surface area contributed by atoms with E-state index < -0.39 is 12.0 Å². The van der Waals surface area contributed by atoms with Crippen molar-refractivity contribution in [2.24, 2.45) is 0 Å². The van der Waals surface area contributed by atoms with Gasteiger partial charge < -0.3 is 19.6 Å². The van der Waals surface area contributed by atoms with Crippen LogP contribution in [0.25, 0.3) is 0 Å². The van der Waals surface area contributed by atoms with E-state index in [4.69, 9.17) is 9.84 Å². The fourth-order valence-electron chi connectivity index (χ4n) is 2.39. The van der Waals surface area contributed by atoms with Gasteiger partial charge in [0.1, 0.15) is 6.04 Å². The van der Waals surface area contributed by atoms with E-state index in [-0.39, 0.29) is 12.1 Å². The zero-order valence-electron chi connectivity index (χ0n) is 11.1. The number of carboxylic acids is 1. The Kier molecular flexibility index (Phi) is 4.93. The lowest BCUT2D eigenvalue weighted by Crippen LogP contribution is -2.50. The van der Waals surface area contributed by atoms with Crippen molar-refractivity contribution in [1.82, 2.24) is 9.80 Å². The maximum atomic E-state index is 12.4. The summed E-state index contributed by atoms with van der Waals surface area (Å²) in [5.74, 6) is 0.00245. The number of amides is 2. The van der Waals surface area contributed by atoms with Crippen LogP contribution in [-0.2, 0) is 9.53 Å². The molecule has 0 spiro atoms. The first-order valence-electron chi connectivity index (χ1n) is 6.61. The summed E-state index contributed by atoms with van der Waals surface area (Å²) in [4.78, 5) is 26.7. The molecule has 2 aliphatic heterocycles. The highest BCUT2D eigenvalue weighted by molar-refractivity contribution is 7.99. The second kappa shape index (κ2) is 6.47. The molecule has 6 nitrogen and oxygen atoms in total. The van der Waals surface area contributed by atoms with Gasteiger partial charge in [0, 0.05) is 25.4 Å². The van der Waals surface area contributed by atoms with Gasteiger partial charge in [-0.15, -0.1) is 11.8 Å². The Labute approximate surface area is 117 Å². The summed E-state index contributed by atoms with van der Waals surface area (Å²) in [5.41, 5.74) is 0. The van der Waals surface area contributed by atoms with Crippen LogP contribution in [0.1, 0.15) is 19.8 Å². The number of hydrogen-bond acceptors (Lipinski definition) is 4.